The Labute approximate surface area is 85.2 Å². The van der Waals surface area contributed by atoms with Crippen molar-refractivity contribution in [3.05, 3.63) is 30.3 Å². The fourth-order valence-corrected chi connectivity index (χ4v) is 2.57. The van der Waals surface area contributed by atoms with Gasteiger partial charge in [-0.3, -0.25) is 4.72 Å². The van der Waals surface area contributed by atoms with Gasteiger partial charge in [0.2, 0.25) is 10.0 Å². The zero-order valence-electron chi connectivity index (χ0n) is 8.32. The summed E-state index contributed by atoms with van der Waals surface area (Å²) in [6.45, 7) is 3.75. The van der Waals surface area contributed by atoms with Crippen molar-refractivity contribution in [2.24, 2.45) is 5.92 Å². The van der Waals surface area contributed by atoms with E-state index in [1.807, 2.05) is 13.8 Å². The summed E-state index contributed by atoms with van der Waals surface area (Å²) in [5.41, 5.74) is 0.587. The Bertz CT molecular complexity index is 370. The van der Waals surface area contributed by atoms with E-state index in [-0.39, 0.29) is 11.7 Å². The highest BCUT2D eigenvalue weighted by Gasteiger charge is 2.11. The highest BCUT2D eigenvalue weighted by molar-refractivity contribution is 7.92. The molecule has 0 fully saturated rings. The van der Waals surface area contributed by atoms with Crippen LogP contribution in [-0.2, 0) is 10.0 Å². The molecular formula is C10H14NO2S. The maximum atomic E-state index is 11.5. The molecule has 3 nitrogen and oxygen atoms in total. The molecule has 1 aromatic rings. The lowest BCUT2D eigenvalue weighted by atomic mass is 10.3. The van der Waals surface area contributed by atoms with E-state index >= 15 is 0 Å². The molecule has 1 rings (SSSR count). The Hall–Kier alpha value is -1.03. The van der Waals surface area contributed by atoms with Crippen LogP contribution in [-0.4, -0.2) is 14.2 Å². The van der Waals surface area contributed by atoms with Crippen LogP contribution >= 0.6 is 0 Å². The molecule has 0 heterocycles. The molecule has 1 aromatic carbocycles. The van der Waals surface area contributed by atoms with Gasteiger partial charge in [0, 0.05) is 5.69 Å². The van der Waals surface area contributed by atoms with Gasteiger partial charge in [-0.1, -0.05) is 26.0 Å². The minimum absolute atomic E-state index is 0.128. The SMILES string of the molecule is CC(C)CS(=O)(=O)Nc1cc[c]cc1. The Kier molecular flexibility index (Phi) is 3.52. The predicted octanol–water partition coefficient (Wildman–Crippen LogP) is 1.88. The number of anilines is 1. The molecule has 0 aliphatic rings. The molecule has 4 heteroatoms. The van der Waals surface area contributed by atoms with Gasteiger partial charge in [0.05, 0.1) is 5.75 Å². The molecule has 1 N–H and O–H groups in total. The molecule has 14 heavy (non-hydrogen) atoms. The quantitative estimate of drug-likeness (QED) is 0.828. The van der Waals surface area contributed by atoms with Crippen LogP contribution in [0.3, 0.4) is 0 Å². The van der Waals surface area contributed by atoms with E-state index in [1.54, 1.807) is 24.3 Å². The fraction of sp³-hybridized carbons (Fsp3) is 0.400. The highest BCUT2D eigenvalue weighted by atomic mass is 32.2. The molecule has 0 aliphatic heterocycles. The van der Waals surface area contributed by atoms with Gasteiger partial charge in [-0.25, -0.2) is 8.42 Å². The second-order valence-electron chi connectivity index (χ2n) is 3.57. The van der Waals surface area contributed by atoms with Crippen LogP contribution in [0.25, 0.3) is 0 Å². The molecule has 0 aliphatic carbocycles. The average Bonchev–Trinajstić information content (AvgIpc) is 2.02. The fourth-order valence-electron chi connectivity index (χ4n) is 1.11. The van der Waals surface area contributed by atoms with Gasteiger partial charge in [-0.15, -0.1) is 0 Å². The zero-order valence-corrected chi connectivity index (χ0v) is 9.14. The van der Waals surface area contributed by atoms with Crippen LogP contribution in [0.4, 0.5) is 5.69 Å². The Morgan fingerprint density at radius 1 is 1.36 bits per heavy atom. The molecule has 0 saturated carbocycles. The van der Waals surface area contributed by atoms with E-state index in [2.05, 4.69) is 10.8 Å². The number of rotatable bonds is 4. The van der Waals surface area contributed by atoms with E-state index in [9.17, 15) is 8.42 Å². The van der Waals surface area contributed by atoms with Gasteiger partial charge in [0.15, 0.2) is 0 Å². The molecule has 0 amide bonds. The van der Waals surface area contributed by atoms with Crippen molar-refractivity contribution in [2.75, 3.05) is 10.5 Å². The van der Waals surface area contributed by atoms with E-state index in [1.165, 1.54) is 0 Å². The molecule has 0 unspecified atom stereocenters. The molecule has 1 radical (unpaired) electrons. The molecule has 0 spiro atoms. The Morgan fingerprint density at radius 2 is 1.93 bits per heavy atom. The summed E-state index contributed by atoms with van der Waals surface area (Å²) in [4.78, 5) is 0. The molecule has 0 aromatic heterocycles. The second-order valence-corrected chi connectivity index (χ2v) is 5.33. The topological polar surface area (TPSA) is 46.2 Å². The average molecular weight is 212 g/mol. The van der Waals surface area contributed by atoms with Crippen LogP contribution in [0, 0.1) is 12.0 Å². The highest BCUT2D eigenvalue weighted by Crippen LogP contribution is 2.09. The number of hydrogen-bond acceptors (Lipinski definition) is 2. The van der Waals surface area contributed by atoms with E-state index in [0.29, 0.717) is 5.69 Å². The maximum Gasteiger partial charge on any atom is 0.232 e. The summed E-state index contributed by atoms with van der Waals surface area (Å²) in [7, 11) is -3.20. The maximum absolute atomic E-state index is 11.5. The number of nitrogens with one attached hydrogen (secondary N) is 1. The molecule has 0 bridgehead atoms. The van der Waals surface area contributed by atoms with Gasteiger partial charge in [-0.05, 0) is 24.1 Å². The van der Waals surface area contributed by atoms with Crippen LogP contribution in [0.2, 0.25) is 0 Å². The van der Waals surface area contributed by atoms with Crippen molar-refractivity contribution in [3.8, 4) is 0 Å². The second kappa shape index (κ2) is 4.46. The predicted molar refractivity (Wildman–Crippen MR) is 57.5 cm³/mol. The first-order valence-electron chi connectivity index (χ1n) is 4.46. The van der Waals surface area contributed by atoms with Crippen molar-refractivity contribution in [1.29, 1.82) is 0 Å². The first-order chi connectivity index (χ1) is 6.49. The van der Waals surface area contributed by atoms with Crippen LogP contribution in [0.1, 0.15) is 13.8 Å². The summed E-state index contributed by atoms with van der Waals surface area (Å²) in [5.74, 6) is 0.272. The van der Waals surface area contributed by atoms with E-state index in [0.717, 1.165) is 0 Å². The minimum Gasteiger partial charge on any atom is -0.284 e. The van der Waals surface area contributed by atoms with Crippen molar-refractivity contribution >= 4 is 15.7 Å². The van der Waals surface area contributed by atoms with E-state index in [4.69, 9.17) is 0 Å². The molecule has 77 valence electrons. The smallest absolute Gasteiger partial charge is 0.232 e. The van der Waals surface area contributed by atoms with Gasteiger partial charge >= 0.3 is 0 Å². The number of hydrogen-bond donors (Lipinski definition) is 1. The van der Waals surface area contributed by atoms with Gasteiger partial charge < -0.3 is 0 Å². The lowest BCUT2D eigenvalue weighted by Crippen LogP contribution is -2.19. The Morgan fingerprint density at radius 3 is 2.43 bits per heavy atom. The van der Waals surface area contributed by atoms with Gasteiger partial charge in [-0.2, -0.15) is 0 Å². The summed E-state index contributed by atoms with van der Waals surface area (Å²) < 4.78 is 25.5. The van der Waals surface area contributed by atoms with Crippen molar-refractivity contribution in [1.82, 2.24) is 0 Å². The normalized spacial score (nSPS) is 11.6. The molecule has 0 atom stereocenters. The van der Waals surface area contributed by atoms with E-state index < -0.39 is 10.0 Å². The van der Waals surface area contributed by atoms with Crippen molar-refractivity contribution in [2.45, 2.75) is 13.8 Å². The minimum atomic E-state index is -3.20. The van der Waals surface area contributed by atoms with Gasteiger partial charge in [0.1, 0.15) is 0 Å². The third kappa shape index (κ3) is 3.79. The van der Waals surface area contributed by atoms with Crippen LogP contribution < -0.4 is 4.72 Å². The summed E-state index contributed by atoms with van der Waals surface area (Å²) in [5, 5.41) is 0. The first-order valence-corrected chi connectivity index (χ1v) is 6.11. The standard InChI is InChI=1S/C10H14NO2S/c1-9(2)8-14(12,13)11-10-6-4-3-5-7-10/h4-7,9,11H,8H2,1-2H3. The summed E-state index contributed by atoms with van der Waals surface area (Å²) >= 11 is 0. The van der Waals surface area contributed by atoms with Gasteiger partial charge in [0.25, 0.3) is 0 Å². The largest absolute Gasteiger partial charge is 0.284 e. The third-order valence-electron chi connectivity index (χ3n) is 1.54. The molecule has 0 saturated heterocycles. The monoisotopic (exact) mass is 212 g/mol. The van der Waals surface area contributed by atoms with Crippen molar-refractivity contribution in [3.63, 3.8) is 0 Å². The number of sulfonamides is 1. The van der Waals surface area contributed by atoms with Crippen molar-refractivity contribution < 1.29 is 8.42 Å². The third-order valence-corrected chi connectivity index (χ3v) is 3.20. The Balaban J connectivity index is 2.70. The first kappa shape index (κ1) is 11.0. The lowest BCUT2D eigenvalue weighted by molar-refractivity contribution is 0.587. The van der Waals surface area contributed by atoms with Crippen LogP contribution in [0.5, 0.6) is 0 Å². The molecular weight excluding hydrogens is 198 g/mol. The lowest BCUT2D eigenvalue weighted by Gasteiger charge is -2.09. The number of benzene rings is 1. The van der Waals surface area contributed by atoms with Crippen LogP contribution in [0.15, 0.2) is 24.3 Å². The summed E-state index contributed by atoms with van der Waals surface area (Å²) in [6.07, 6.45) is 0. The zero-order chi connectivity index (χ0) is 10.6. The summed E-state index contributed by atoms with van der Waals surface area (Å²) in [6, 6.07) is 9.53.